The third-order valence-corrected chi connectivity index (χ3v) is 4.19. The maximum Gasteiger partial charge on any atom is 0.410 e. The first-order chi connectivity index (χ1) is 11.2. The van der Waals surface area contributed by atoms with Gasteiger partial charge in [-0.05, 0) is 24.5 Å². The van der Waals surface area contributed by atoms with Crippen LogP contribution in [0.25, 0.3) is 0 Å². The first-order valence-electron chi connectivity index (χ1n) is 7.92. The van der Waals surface area contributed by atoms with Crippen LogP contribution in [0.4, 0.5) is 9.59 Å². The van der Waals surface area contributed by atoms with Crippen LogP contribution in [0.1, 0.15) is 18.4 Å². The molecule has 6 heteroatoms. The predicted octanol–water partition coefficient (Wildman–Crippen LogP) is 2.33. The highest BCUT2D eigenvalue weighted by Crippen LogP contribution is 2.19. The topological polar surface area (TPSA) is 61.9 Å². The van der Waals surface area contributed by atoms with E-state index in [0.29, 0.717) is 19.6 Å². The Labute approximate surface area is 135 Å². The molecule has 0 saturated carbocycles. The summed E-state index contributed by atoms with van der Waals surface area (Å²) in [6.07, 6.45) is 5.01. The molecule has 122 valence electrons. The van der Waals surface area contributed by atoms with E-state index in [2.05, 4.69) is 5.32 Å². The van der Waals surface area contributed by atoms with Crippen molar-refractivity contribution in [3.63, 3.8) is 0 Å². The van der Waals surface area contributed by atoms with Crippen molar-refractivity contribution in [2.45, 2.75) is 25.5 Å². The number of nitrogens with zero attached hydrogens (tertiary/aromatic N) is 2. The lowest BCUT2D eigenvalue weighted by Crippen LogP contribution is -2.50. The quantitative estimate of drug-likeness (QED) is 0.931. The fourth-order valence-corrected chi connectivity index (χ4v) is 2.90. The Bertz CT molecular complexity index is 580. The van der Waals surface area contributed by atoms with Crippen molar-refractivity contribution in [3.05, 3.63) is 48.2 Å². The lowest BCUT2D eigenvalue weighted by molar-refractivity contribution is 0.0787. The molecule has 0 aliphatic carbocycles. The van der Waals surface area contributed by atoms with Crippen LogP contribution in [0.15, 0.2) is 42.6 Å². The van der Waals surface area contributed by atoms with Crippen LogP contribution in [0.3, 0.4) is 0 Å². The van der Waals surface area contributed by atoms with Crippen LogP contribution >= 0.6 is 0 Å². The normalized spacial score (nSPS) is 18.7. The molecule has 0 atom stereocenters. The SMILES string of the molecule is O=C(OCc1ccccc1)N1CCC(N2C=CCNC2=O)CC1. The van der Waals surface area contributed by atoms with Crippen LogP contribution in [-0.4, -0.2) is 47.6 Å². The van der Waals surface area contributed by atoms with E-state index in [4.69, 9.17) is 4.74 Å². The molecule has 2 aliphatic heterocycles. The van der Waals surface area contributed by atoms with Crippen molar-refractivity contribution in [2.24, 2.45) is 0 Å². The second kappa shape index (κ2) is 7.17. The fraction of sp³-hybridized carbons (Fsp3) is 0.412. The molecule has 23 heavy (non-hydrogen) atoms. The summed E-state index contributed by atoms with van der Waals surface area (Å²) in [4.78, 5) is 27.4. The van der Waals surface area contributed by atoms with Gasteiger partial charge in [0.1, 0.15) is 6.61 Å². The summed E-state index contributed by atoms with van der Waals surface area (Å²) in [5, 5.41) is 2.80. The average molecular weight is 315 g/mol. The predicted molar refractivity (Wildman–Crippen MR) is 85.6 cm³/mol. The Kier molecular flexibility index (Phi) is 4.80. The molecule has 3 amide bonds. The molecule has 0 bridgehead atoms. The van der Waals surface area contributed by atoms with Crippen molar-refractivity contribution in [1.82, 2.24) is 15.1 Å². The zero-order valence-electron chi connectivity index (χ0n) is 13.0. The van der Waals surface area contributed by atoms with Crippen molar-refractivity contribution >= 4 is 12.1 Å². The second-order valence-corrected chi connectivity index (χ2v) is 5.74. The van der Waals surface area contributed by atoms with Gasteiger partial charge in [0.25, 0.3) is 0 Å². The van der Waals surface area contributed by atoms with E-state index in [0.717, 1.165) is 18.4 Å². The van der Waals surface area contributed by atoms with E-state index in [1.165, 1.54) is 0 Å². The molecule has 3 rings (SSSR count). The lowest BCUT2D eigenvalue weighted by atomic mass is 10.0. The summed E-state index contributed by atoms with van der Waals surface area (Å²) in [5.74, 6) is 0. The minimum atomic E-state index is -0.286. The molecular formula is C17H21N3O3. The minimum Gasteiger partial charge on any atom is -0.445 e. The number of nitrogens with one attached hydrogen (secondary N) is 1. The van der Waals surface area contributed by atoms with Crippen LogP contribution in [-0.2, 0) is 11.3 Å². The third-order valence-electron chi connectivity index (χ3n) is 4.19. The van der Waals surface area contributed by atoms with Crippen LogP contribution < -0.4 is 5.32 Å². The number of amides is 3. The van der Waals surface area contributed by atoms with Crippen molar-refractivity contribution < 1.29 is 14.3 Å². The highest BCUT2D eigenvalue weighted by molar-refractivity contribution is 5.77. The summed E-state index contributed by atoms with van der Waals surface area (Å²) in [6, 6.07) is 9.72. The summed E-state index contributed by atoms with van der Waals surface area (Å²) in [6.45, 7) is 2.09. The number of urea groups is 1. The van der Waals surface area contributed by atoms with Crippen molar-refractivity contribution in [2.75, 3.05) is 19.6 Å². The Morgan fingerprint density at radius 1 is 1.22 bits per heavy atom. The molecule has 0 radical (unpaired) electrons. The molecule has 1 N–H and O–H groups in total. The Hall–Kier alpha value is -2.50. The number of ether oxygens (including phenoxy) is 1. The van der Waals surface area contributed by atoms with Crippen molar-refractivity contribution in [3.8, 4) is 0 Å². The van der Waals surface area contributed by atoms with E-state index >= 15 is 0 Å². The van der Waals surface area contributed by atoms with Crippen LogP contribution in [0, 0.1) is 0 Å². The number of carbonyl (C=O) groups excluding carboxylic acids is 2. The van der Waals surface area contributed by atoms with Gasteiger partial charge in [-0.1, -0.05) is 30.3 Å². The Balaban J connectivity index is 1.46. The van der Waals surface area contributed by atoms with Crippen LogP contribution in [0.5, 0.6) is 0 Å². The second-order valence-electron chi connectivity index (χ2n) is 5.74. The zero-order valence-corrected chi connectivity index (χ0v) is 13.0. The largest absolute Gasteiger partial charge is 0.445 e. The molecular weight excluding hydrogens is 294 g/mol. The highest BCUT2D eigenvalue weighted by Gasteiger charge is 2.29. The molecule has 2 aliphatic rings. The smallest absolute Gasteiger partial charge is 0.410 e. The molecule has 0 spiro atoms. The van der Waals surface area contributed by atoms with Gasteiger partial charge in [0.15, 0.2) is 0 Å². The molecule has 0 aromatic heterocycles. The van der Waals surface area contributed by atoms with E-state index in [9.17, 15) is 9.59 Å². The minimum absolute atomic E-state index is 0.0578. The third kappa shape index (κ3) is 3.83. The van der Waals surface area contributed by atoms with Gasteiger partial charge in [0, 0.05) is 31.9 Å². The van der Waals surface area contributed by atoms with Gasteiger partial charge < -0.3 is 15.0 Å². The Morgan fingerprint density at radius 2 is 1.96 bits per heavy atom. The van der Waals surface area contributed by atoms with Gasteiger partial charge in [0.05, 0.1) is 0 Å². The van der Waals surface area contributed by atoms with Crippen molar-refractivity contribution in [1.29, 1.82) is 0 Å². The molecule has 0 unspecified atom stereocenters. The van der Waals surface area contributed by atoms with E-state index in [-0.39, 0.29) is 24.8 Å². The van der Waals surface area contributed by atoms with Gasteiger partial charge in [0.2, 0.25) is 0 Å². The van der Waals surface area contributed by atoms with Gasteiger partial charge in [-0.25, -0.2) is 9.59 Å². The number of hydrogen-bond acceptors (Lipinski definition) is 3. The summed E-state index contributed by atoms with van der Waals surface area (Å²) >= 11 is 0. The standard InChI is InChI=1S/C17H21N3O3/c21-16-18-9-4-10-20(16)15-7-11-19(12-8-15)17(22)23-13-14-5-2-1-3-6-14/h1-6,10,15H,7-9,11-13H2,(H,18,21). The number of benzene rings is 1. The van der Waals surface area contributed by atoms with Gasteiger partial charge in [-0.2, -0.15) is 0 Å². The monoisotopic (exact) mass is 315 g/mol. The molecule has 6 nitrogen and oxygen atoms in total. The van der Waals surface area contributed by atoms with E-state index in [1.54, 1.807) is 9.80 Å². The van der Waals surface area contributed by atoms with E-state index in [1.807, 2.05) is 42.6 Å². The summed E-state index contributed by atoms with van der Waals surface area (Å²) < 4.78 is 5.35. The molecule has 2 heterocycles. The summed E-state index contributed by atoms with van der Waals surface area (Å²) in [5.41, 5.74) is 0.978. The maximum absolute atomic E-state index is 12.1. The molecule has 1 aromatic carbocycles. The van der Waals surface area contributed by atoms with Gasteiger partial charge in [-0.3, -0.25) is 4.90 Å². The number of likely N-dealkylation sites (tertiary alicyclic amines) is 1. The molecule has 1 fully saturated rings. The number of rotatable bonds is 3. The summed E-state index contributed by atoms with van der Waals surface area (Å²) in [7, 11) is 0. The fourth-order valence-electron chi connectivity index (χ4n) is 2.90. The molecule has 1 saturated heterocycles. The highest BCUT2D eigenvalue weighted by atomic mass is 16.6. The molecule has 1 aromatic rings. The van der Waals surface area contributed by atoms with Gasteiger partial charge >= 0.3 is 12.1 Å². The van der Waals surface area contributed by atoms with E-state index < -0.39 is 0 Å². The number of hydrogen-bond donors (Lipinski definition) is 1. The lowest BCUT2D eigenvalue weighted by Gasteiger charge is -2.37. The number of carbonyl (C=O) groups is 2. The number of piperidine rings is 1. The van der Waals surface area contributed by atoms with Crippen LogP contribution in [0.2, 0.25) is 0 Å². The van der Waals surface area contributed by atoms with Gasteiger partial charge in [-0.15, -0.1) is 0 Å². The zero-order chi connectivity index (χ0) is 16.1. The average Bonchev–Trinajstić information content (AvgIpc) is 2.61. The first kappa shape index (κ1) is 15.4. The Morgan fingerprint density at radius 3 is 2.65 bits per heavy atom. The maximum atomic E-state index is 12.1. The first-order valence-corrected chi connectivity index (χ1v) is 7.92.